The van der Waals surface area contributed by atoms with Crippen molar-refractivity contribution < 1.29 is 14.5 Å². The summed E-state index contributed by atoms with van der Waals surface area (Å²) in [5.74, 6) is 0.206. The van der Waals surface area contributed by atoms with Crippen molar-refractivity contribution in [2.45, 2.75) is 19.8 Å². The van der Waals surface area contributed by atoms with Gasteiger partial charge in [-0.25, -0.2) is 5.43 Å². The van der Waals surface area contributed by atoms with Crippen LogP contribution >= 0.6 is 11.3 Å². The highest BCUT2D eigenvalue weighted by Gasteiger charge is 2.08. The third-order valence-electron chi connectivity index (χ3n) is 3.01. The molecule has 0 saturated heterocycles. The Balaban J connectivity index is 1.76. The number of hydrogen-bond acceptors (Lipinski definition) is 6. The minimum absolute atomic E-state index is 0.0256. The molecule has 0 aliphatic carbocycles. The SMILES string of the molecule is CCCc1ccc(OCC(=O)N/N=C/c2ccc([N+](=O)[O-])s2)cc1. The number of nitro groups is 1. The Morgan fingerprint density at radius 2 is 2.08 bits per heavy atom. The lowest BCUT2D eigenvalue weighted by atomic mass is 10.1. The monoisotopic (exact) mass is 347 g/mol. The number of thiophene rings is 1. The van der Waals surface area contributed by atoms with E-state index in [1.165, 1.54) is 17.8 Å². The fraction of sp³-hybridized carbons (Fsp3) is 0.250. The molecule has 0 spiro atoms. The number of carbonyl (C=O) groups is 1. The van der Waals surface area contributed by atoms with Gasteiger partial charge in [-0.05, 0) is 30.2 Å². The molecule has 1 aromatic carbocycles. The van der Waals surface area contributed by atoms with Gasteiger partial charge in [-0.1, -0.05) is 36.8 Å². The smallest absolute Gasteiger partial charge is 0.324 e. The van der Waals surface area contributed by atoms with Crippen molar-refractivity contribution in [3.63, 3.8) is 0 Å². The van der Waals surface area contributed by atoms with Crippen LogP contribution < -0.4 is 10.2 Å². The number of carbonyl (C=O) groups excluding carboxylic acids is 1. The standard InChI is InChI=1S/C16H17N3O4S/c1-2-3-12-4-6-13(7-5-12)23-11-15(20)18-17-10-14-8-9-16(24-14)19(21)22/h4-10H,2-3,11H2,1H3,(H,18,20)/b17-10+. The summed E-state index contributed by atoms with van der Waals surface area (Å²) in [5.41, 5.74) is 3.54. The topological polar surface area (TPSA) is 93.8 Å². The van der Waals surface area contributed by atoms with E-state index in [1.807, 2.05) is 24.3 Å². The first-order chi connectivity index (χ1) is 11.6. The summed E-state index contributed by atoms with van der Waals surface area (Å²) in [6.07, 6.45) is 3.44. The van der Waals surface area contributed by atoms with Crippen LogP contribution in [0.2, 0.25) is 0 Å². The van der Waals surface area contributed by atoms with Crippen molar-refractivity contribution in [1.29, 1.82) is 0 Å². The van der Waals surface area contributed by atoms with Crippen molar-refractivity contribution in [3.05, 3.63) is 57.0 Å². The van der Waals surface area contributed by atoms with Crippen LogP contribution in [-0.4, -0.2) is 23.7 Å². The molecule has 0 atom stereocenters. The zero-order chi connectivity index (χ0) is 17.4. The van der Waals surface area contributed by atoms with Gasteiger partial charge >= 0.3 is 5.00 Å². The minimum Gasteiger partial charge on any atom is -0.484 e. The first kappa shape index (κ1) is 17.6. The number of ether oxygens (including phenoxy) is 1. The van der Waals surface area contributed by atoms with E-state index in [0.29, 0.717) is 10.6 Å². The lowest BCUT2D eigenvalue weighted by Crippen LogP contribution is -2.24. The lowest BCUT2D eigenvalue weighted by molar-refractivity contribution is -0.380. The second-order valence-corrected chi connectivity index (χ2v) is 6.00. The van der Waals surface area contributed by atoms with Crippen LogP contribution in [0, 0.1) is 10.1 Å². The summed E-state index contributed by atoms with van der Waals surface area (Å²) in [6.45, 7) is 1.96. The fourth-order valence-electron chi connectivity index (χ4n) is 1.90. The molecule has 0 aliphatic heterocycles. The molecule has 0 aliphatic rings. The zero-order valence-corrected chi connectivity index (χ0v) is 13.9. The Kier molecular flexibility index (Phi) is 6.44. The number of aryl methyl sites for hydroxylation is 1. The molecule has 8 heteroatoms. The summed E-state index contributed by atoms with van der Waals surface area (Å²) >= 11 is 0.977. The van der Waals surface area contributed by atoms with Gasteiger partial charge in [0.05, 0.1) is 16.0 Å². The van der Waals surface area contributed by atoms with Gasteiger partial charge in [-0.15, -0.1) is 0 Å². The molecular weight excluding hydrogens is 330 g/mol. The Labute approximate surface area is 143 Å². The second-order valence-electron chi connectivity index (χ2n) is 4.91. The maximum absolute atomic E-state index is 11.6. The number of hydrogen-bond donors (Lipinski definition) is 1. The van der Waals surface area contributed by atoms with Crippen LogP contribution in [0.3, 0.4) is 0 Å². The molecule has 7 nitrogen and oxygen atoms in total. The predicted octanol–water partition coefficient (Wildman–Crippen LogP) is 3.14. The van der Waals surface area contributed by atoms with Gasteiger partial charge in [0.15, 0.2) is 6.61 Å². The van der Waals surface area contributed by atoms with Crippen molar-refractivity contribution in [3.8, 4) is 5.75 Å². The first-order valence-electron chi connectivity index (χ1n) is 7.36. The highest BCUT2D eigenvalue weighted by atomic mass is 32.1. The zero-order valence-electron chi connectivity index (χ0n) is 13.1. The maximum Gasteiger partial charge on any atom is 0.324 e. The Morgan fingerprint density at radius 1 is 1.33 bits per heavy atom. The molecule has 0 radical (unpaired) electrons. The molecule has 0 fully saturated rings. The van der Waals surface area contributed by atoms with Gasteiger partial charge < -0.3 is 4.74 Å². The molecule has 24 heavy (non-hydrogen) atoms. The molecule has 126 valence electrons. The van der Waals surface area contributed by atoms with Gasteiger partial charge in [0.25, 0.3) is 5.91 Å². The molecule has 2 aromatic rings. The third-order valence-corrected chi connectivity index (χ3v) is 3.98. The molecule has 2 rings (SSSR count). The van der Waals surface area contributed by atoms with Crippen molar-refractivity contribution in [2.75, 3.05) is 6.61 Å². The van der Waals surface area contributed by atoms with Crippen LogP contribution in [0.25, 0.3) is 0 Å². The highest BCUT2D eigenvalue weighted by Crippen LogP contribution is 2.22. The van der Waals surface area contributed by atoms with E-state index in [2.05, 4.69) is 17.5 Å². The largest absolute Gasteiger partial charge is 0.484 e. The van der Waals surface area contributed by atoms with Gasteiger partial charge in [0.1, 0.15) is 5.75 Å². The average molecular weight is 347 g/mol. The number of hydrazone groups is 1. The van der Waals surface area contributed by atoms with E-state index in [-0.39, 0.29) is 11.6 Å². The summed E-state index contributed by atoms with van der Waals surface area (Å²) in [4.78, 5) is 22.3. The molecule has 0 bridgehead atoms. The predicted molar refractivity (Wildman–Crippen MR) is 92.6 cm³/mol. The van der Waals surface area contributed by atoms with Crippen LogP contribution in [-0.2, 0) is 11.2 Å². The van der Waals surface area contributed by atoms with E-state index < -0.39 is 10.8 Å². The molecule has 0 unspecified atom stereocenters. The first-order valence-corrected chi connectivity index (χ1v) is 8.18. The van der Waals surface area contributed by atoms with Gasteiger partial charge in [0.2, 0.25) is 0 Å². The van der Waals surface area contributed by atoms with E-state index in [9.17, 15) is 14.9 Å². The van der Waals surface area contributed by atoms with Gasteiger partial charge in [-0.3, -0.25) is 14.9 Å². The van der Waals surface area contributed by atoms with E-state index in [4.69, 9.17) is 4.74 Å². The van der Waals surface area contributed by atoms with E-state index >= 15 is 0 Å². The van der Waals surface area contributed by atoms with Crippen LogP contribution in [0.15, 0.2) is 41.5 Å². The molecule has 0 saturated carbocycles. The Hall–Kier alpha value is -2.74. The quantitative estimate of drug-likeness (QED) is 0.451. The van der Waals surface area contributed by atoms with Crippen molar-refractivity contribution in [1.82, 2.24) is 5.43 Å². The van der Waals surface area contributed by atoms with Crippen LogP contribution in [0.4, 0.5) is 5.00 Å². The lowest BCUT2D eigenvalue weighted by Gasteiger charge is -2.05. The Bertz CT molecular complexity index is 725. The minimum atomic E-state index is -0.472. The molecule has 1 heterocycles. The van der Waals surface area contributed by atoms with E-state index in [0.717, 1.165) is 24.2 Å². The normalized spacial score (nSPS) is 10.7. The van der Waals surface area contributed by atoms with Gasteiger partial charge in [-0.2, -0.15) is 5.10 Å². The Morgan fingerprint density at radius 3 is 2.71 bits per heavy atom. The number of nitrogens with zero attached hydrogens (tertiary/aromatic N) is 2. The van der Waals surface area contributed by atoms with Crippen LogP contribution in [0.5, 0.6) is 5.75 Å². The average Bonchev–Trinajstić information content (AvgIpc) is 3.04. The second kappa shape index (κ2) is 8.78. The summed E-state index contributed by atoms with van der Waals surface area (Å²) in [7, 11) is 0. The van der Waals surface area contributed by atoms with Crippen molar-refractivity contribution >= 4 is 28.5 Å². The van der Waals surface area contributed by atoms with Crippen molar-refractivity contribution in [2.24, 2.45) is 5.10 Å². The highest BCUT2D eigenvalue weighted by molar-refractivity contribution is 7.16. The number of benzene rings is 1. The molecule has 1 aromatic heterocycles. The number of amides is 1. The van der Waals surface area contributed by atoms with E-state index in [1.54, 1.807) is 6.07 Å². The van der Waals surface area contributed by atoms with Crippen LogP contribution in [0.1, 0.15) is 23.8 Å². The number of rotatable bonds is 8. The maximum atomic E-state index is 11.6. The molecular formula is C16H17N3O4S. The summed E-state index contributed by atoms with van der Waals surface area (Å²) in [6, 6.07) is 10.5. The summed E-state index contributed by atoms with van der Waals surface area (Å²) < 4.78 is 5.37. The molecule has 1 amide bonds. The molecule has 1 N–H and O–H groups in total. The number of nitrogens with one attached hydrogen (secondary N) is 1. The third kappa shape index (κ3) is 5.47. The van der Waals surface area contributed by atoms with Gasteiger partial charge in [0, 0.05) is 6.07 Å². The summed E-state index contributed by atoms with van der Waals surface area (Å²) in [5, 5.41) is 14.3. The fourth-order valence-corrected chi connectivity index (χ4v) is 2.59.